The van der Waals surface area contributed by atoms with E-state index in [4.69, 9.17) is 11.6 Å². The van der Waals surface area contributed by atoms with Gasteiger partial charge in [-0.25, -0.2) is 9.97 Å². The number of rotatable bonds is 3. The number of halogens is 1. The molecule has 1 amide bonds. The van der Waals surface area contributed by atoms with Gasteiger partial charge in [0.1, 0.15) is 11.0 Å². The fourth-order valence-corrected chi connectivity index (χ4v) is 1.48. The molecule has 2 aromatic heterocycles. The number of imidazole rings is 1. The van der Waals surface area contributed by atoms with Crippen LogP contribution in [0.3, 0.4) is 0 Å². The first-order valence-corrected chi connectivity index (χ1v) is 5.23. The van der Waals surface area contributed by atoms with Crippen molar-refractivity contribution in [3.63, 3.8) is 0 Å². The van der Waals surface area contributed by atoms with E-state index in [-0.39, 0.29) is 11.1 Å². The van der Waals surface area contributed by atoms with Crippen LogP contribution in [-0.4, -0.2) is 27.9 Å². The first-order chi connectivity index (χ1) is 8.19. The molecule has 0 aliphatic rings. The molecule has 0 unspecified atom stereocenters. The highest BCUT2D eigenvalue weighted by atomic mass is 35.5. The molecule has 0 fully saturated rings. The number of carbonyl (C=O) groups excluding carboxylic acids is 1. The van der Waals surface area contributed by atoms with Crippen LogP contribution < -0.4 is 10.6 Å². The third-order valence-corrected chi connectivity index (χ3v) is 2.24. The zero-order valence-electron chi connectivity index (χ0n) is 8.99. The number of nitrogens with one attached hydrogen (secondary N) is 3. The van der Waals surface area contributed by atoms with E-state index >= 15 is 0 Å². The van der Waals surface area contributed by atoms with Crippen molar-refractivity contribution in [3.05, 3.63) is 35.2 Å². The molecule has 6 nitrogen and oxygen atoms in total. The SMILES string of the molecule is CNc1cc(C(=O)Nc2ncc[nH]2)cc(Cl)n1. The maximum Gasteiger partial charge on any atom is 0.258 e. The number of hydrogen-bond donors (Lipinski definition) is 3. The summed E-state index contributed by atoms with van der Waals surface area (Å²) in [5.74, 6) is 0.608. The monoisotopic (exact) mass is 251 g/mol. The fraction of sp³-hybridized carbons (Fsp3) is 0.100. The zero-order chi connectivity index (χ0) is 12.3. The van der Waals surface area contributed by atoms with E-state index in [1.54, 1.807) is 25.5 Å². The van der Waals surface area contributed by atoms with Gasteiger partial charge in [0.05, 0.1) is 0 Å². The lowest BCUT2D eigenvalue weighted by Gasteiger charge is -2.05. The van der Waals surface area contributed by atoms with Gasteiger partial charge in [-0.05, 0) is 12.1 Å². The van der Waals surface area contributed by atoms with Gasteiger partial charge in [-0.1, -0.05) is 11.6 Å². The summed E-state index contributed by atoms with van der Waals surface area (Å²) in [6.07, 6.45) is 3.17. The number of pyridine rings is 1. The Labute approximate surface area is 102 Å². The van der Waals surface area contributed by atoms with Crippen molar-refractivity contribution >= 4 is 29.3 Å². The molecule has 0 radical (unpaired) electrons. The molecule has 88 valence electrons. The number of hydrogen-bond acceptors (Lipinski definition) is 4. The molecule has 0 atom stereocenters. The van der Waals surface area contributed by atoms with Crippen LogP contribution in [0, 0.1) is 0 Å². The Morgan fingerprint density at radius 3 is 2.94 bits per heavy atom. The number of aromatic amines is 1. The van der Waals surface area contributed by atoms with Crippen molar-refractivity contribution in [1.82, 2.24) is 15.0 Å². The van der Waals surface area contributed by atoms with Crippen molar-refractivity contribution in [2.24, 2.45) is 0 Å². The molecule has 7 heteroatoms. The second kappa shape index (κ2) is 4.84. The Kier molecular flexibility index (Phi) is 3.24. The van der Waals surface area contributed by atoms with E-state index in [0.717, 1.165) is 0 Å². The fourth-order valence-electron chi connectivity index (χ4n) is 1.27. The molecular formula is C10H10ClN5O. The largest absolute Gasteiger partial charge is 0.373 e. The minimum atomic E-state index is -0.305. The highest BCUT2D eigenvalue weighted by Crippen LogP contribution is 2.15. The van der Waals surface area contributed by atoms with Gasteiger partial charge in [0.25, 0.3) is 5.91 Å². The number of aromatic nitrogens is 3. The maximum atomic E-state index is 11.8. The third-order valence-electron chi connectivity index (χ3n) is 2.04. The summed E-state index contributed by atoms with van der Waals surface area (Å²) in [6.45, 7) is 0. The summed E-state index contributed by atoms with van der Waals surface area (Å²) in [4.78, 5) is 22.5. The second-order valence-corrected chi connectivity index (χ2v) is 3.59. The van der Waals surface area contributed by atoms with Gasteiger partial charge >= 0.3 is 0 Å². The number of carbonyl (C=O) groups is 1. The van der Waals surface area contributed by atoms with Crippen molar-refractivity contribution in [1.29, 1.82) is 0 Å². The van der Waals surface area contributed by atoms with Crippen LogP contribution >= 0.6 is 11.6 Å². The van der Waals surface area contributed by atoms with E-state index in [9.17, 15) is 4.79 Å². The van der Waals surface area contributed by atoms with E-state index in [1.807, 2.05) is 0 Å². The van der Waals surface area contributed by atoms with Crippen LogP contribution in [0.1, 0.15) is 10.4 Å². The molecule has 17 heavy (non-hydrogen) atoms. The molecule has 0 saturated carbocycles. The standard InChI is InChI=1S/C10H10ClN5O/c1-12-8-5-6(4-7(11)15-8)9(17)16-10-13-2-3-14-10/h2-5H,1H3,(H,12,15)(H2,13,14,16,17). The molecule has 0 aliphatic carbocycles. The topological polar surface area (TPSA) is 82.7 Å². The minimum absolute atomic E-state index is 0.251. The van der Waals surface area contributed by atoms with Gasteiger partial charge < -0.3 is 10.3 Å². The number of H-pyrrole nitrogens is 1. The van der Waals surface area contributed by atoms with E-state index in [0.29, 0.717) is 17.3 Å². The highest BCUT2D eigenvalue weighted by Gasteiger charge is 2.10. The Bertz CT molecular complexity index is 525. The quantitative estimate of drug-likeness (QED) is 0.726. The van der Waals surface area contributed by atoms with Crippen molar-refractivity contribution < 1.29 is 4.79 Å². The lowest BCUT2D eigenvalue weighted by atomic mass is 10.2. The molecule has 3 N–H and O–H groups in total. The molecular weight excluding hydrogens is 242 g/mol. The normalized spacial score (nSPS) is 10.0. The second-order valence-electron chi connectivity index (χ2n) is 3.21. The number of amides is 1. The third kappa shape index (κ3) is 2.73. The van der Waals surface area contributed by atoms with Gasteiger partial charge in [0.15, 0.2) is 0 Å². The Morgan fingerprint density at radius 2 is 2.29 bits per heavy atom. The zero-order valence-corrected chi connectivity index (χ0v) is 9.75. The van der Waals surface area contributed by atoms with Gasteiger partial charge in [0, 0.05) is 25.0 Å². The smallest absolute Gasteiger partial charge is 0.258 e. The van der Waals surface area contributed by atoms with Crippen LogP contribution in [0.15, 0.2) is 24.5 Å². The Balaban J connectivity index is 2.21. The first-order valence-electron chi connectivity index (χ1n) is 4.85. The average Bonchev–Trinajstić information content (AvgIpc) is 2.81. The summed E-state index contributed by atoms with van der Waals surface area (Å²) < 4.78 is 0. The van der Waals surface area contributed by atoms with Crippen LogP contribution in [0.4, 0.5) is 11.8 Å². The lowest BCUT2D eigenvalue weighted by molar-refractivity contribution is 0.102. The molecule has 0 aromatic carbocycles. The minimum Gasteiger partial charge on any atom is -0.373 e. The van der Waals surface area contributed by atoms with E-state index < -0.39 is 0 Å². The van der Waals surface area contributed by atoms with E-state index in [2.05, 4.69) is 25.6 Å². The van der Waals surface area contributed by atoms with Crippen molar-refractivity contribution in [2.75, 3.05) is 17.7 Å². The summed E-state index contributed by atoms with van der Waals surface area (Å²) in [7, 11) is 1.70. The van der Waals surface area contributed by atoms with Gasteiger partial charge in [0.2, 0.25) is 5.95 Å². The average molecular weight is 252 g/mol. The summed E-state index contributed by atoms with van der Waals surface area (Å²) >= 11 is 5.80. The predicted molar refractivity (Wildman–Crippen MR) is 65.3 cm³/mol. The van der Waals surface area contributed by atoms with E-state index in [1.165, 1.54) is 6.07 Å². The van der Waals surface area contributed by atoms with Crippen LogP contribution in [0.2, 0.25) is 5.15 Å². The number of nitrogens with zero attached hydrogens (tertiary/aromatic N) is 2. The van der Waals surface area contributed by atoms with Crippen molar-refractivity contribution in [2.45, 2.75) is 0 Å². The predicted octanol–water partition coefficient (Wildman–Crippen LogP) is 1.75. The Morgan fingerprint density at radius 1 is 1.47 bits per heavy atom. The molecule has 0 aliphatic heterocycles. The van der Waals surface area contributed by atoms with Crippen LogP contribution in [0.5, 0.6) is 0 Å². The lowest BCUT2D eigenvalue weighted by Crippen LogP contribution is -2.13. The molecule has 2 rings (SSSR count). The molecule has 0 bridgehead atoms. The summed E-state index contributed by atoms with van der Waals surface area (Å²) in [6, 6.07) is 3.09. The Hall–Kier alpha value is -2.08. The maximum absolute atomic E-state index is 11.8. The first kappa shape index (κ1) is 11.4. The molecule has 0 spiro atoms. The highest BCUT2D eigenvalue weighted by molar-refractivity contribution is 6.30. The van der Waals surface area contributed by atoms with Crippen molar-refractivity contribution in [3.8, 4) is 0 Å². The van der Waals surface area contributed by atoms with Crippen LogP contribution in [0.25, 0.3) is 0 Å². The molecule has 2 heterocycles. The van der Waals surface area contributed by atoms with Crippen LogP contribution in [-0.2, 0) is 0 Å². The summed E-state index contributed by atoms with van der Waals surface area (Å²) in [5.41, 5.74) is 0.408. The van der Waals surface area contributed by atoms with Gasteiger partial charge in [-0.2, -0.15) is 0 Å². The van der Waals surface area contributed by atoms with Gasteiger partial charge in [-0.3, -0.25) is 10.1 Å². The number of anilines is 2. The molecule has 2 aromatic rings. The summed E-state index contributed by atoms with van der Waals surface area (Å²) in [5, 5.41) is 5.67. The van der Waals surface area contributed by atoms with Gasteiger partial charge in [-0.15, -0.1) is 0 Å². The molecule has 0 saturated heterocycles.